The minimum Gasteiger partial charge on any atom is -0.393 e. The monoisotopic (exact) mass is 330 g/mol. The van der Waals surface area contributed by atoms with Crippen molar-refractivity contribution in [1.82, 2.24) is 4.90 Å². The van der Waals surface area contributed by atoms with Crippen molar-refractivity contribution in [1.29, 1.82) is 0 Å². The number of carbonyl (C=O) groups excluding carboxylic acids is 1. The smallest absolute Gasteiger partial charge is 0.238 e. The van der Waals surface area contributed by atoms with Crippen LogP contribution in [0.15, 0.2) is 18.2 Å². The molecule has 116 valence electrons. The fraction of sp³-hybridized carbons (Fsp3) is 0.533. The minimum atomic E-state index is -0.332. The Morgan fingerprint density at radius 1 is 1.52 bits per heavy atom. The normalized spacial score (nSPS) is 21.0. The van der Waals surface area contributed by atoms with E-state index < -0.39 is 0 Å². The third kappa shape index (κ3) is 4.85. The predicted molar refractivity (Wildman–Crippen MR) is 85.9 cm³/mol. The maximum atomic E-state index is 12.1. The summed E-state index contributed by atoms with van der Waals surface area (Å²) < 4.78 is 0. The van der Waals surface area contributed by atoms with E-state index in [1.165, 1.54) is 0 Å². The summed E-state index contributed by atoms with van der Waals surface area (Å²) in [5, 5.41) is 13.4. The Hall–Kier alpha value is -0.810. The second-order valence-electron chi connectivity index (χ2n) is 5.55. The predicted octanol–water partition coefficient (Wildman–Crippen LogP) is 3.02. The molecule has 1 amide bonds. The van der Waals surface area contributed by atoms with Crippen LogP contribution in [0.2, 0.25) is 10.0 Å². The first-order valence-corrected chi connectivity index (χ1v) is 7.86. The largest absolute Gasteiger partial charge is 0.393 e. The second-order valence-corrected chi connectivity index (χ2v) is 6.39. The van der Waals surface area contributed by atoms with Crippen molar-refractivity contribution < 1.29 is 9.90 Å². The molecular formula is C15H20Cl2N2O2. The van der Waals surface area contributed by atoms with Gasteiger partial charge in [0.15, 0.2) is 0 Å². The van der Waals surface area contributed by atoms with Crippen molar-refractivity contribution in [3.63, 3.8) is 0 Å². The Labute approximate surface area is 135 Å². The van der Waals surface area contributed by atoms with Gasteiger partial charge in [-0.3, -0.25) is 9.69 Å². The third-order valence-corrected chi connectivity index (χ3v) is 4.34. The highest BCUT2D eigenvalue weighted by molar-refractivity contribution is 6.36. The molecule has 0 aliphatic carbocycles. The van der Waals surface area contributed by atoms with Gasteiger partial charge < -0.3 is 10.4 Å². The zero-order valence-electron chi connectivity index (χ0n) is 12.0. The lowest BCUT2D eigenvalue weighted by atomic mass is 9.93. The number of rotatable bonds is 4. The number of nitrogens with zero attached hydrogens (tertiary/aromatic N) is 1. The molecule has 1 fully saturated rings. The van der Waals surface area contributed by atoms with Crippen LogP contribution in [0.3, 0.4) is 0 Å². The molecular weight excluding hydrogens is 311 g/mol. The van der Waals surface area contributed by atoms with E-state index in [1.54, 1.807) is 18.2 Å². The SMILES string of the molecule is CC(O)C1CCCN(CC(=O)Nc2ccc(Cl)cc2Cl)C1. The molecule has 0 aromatic heterocycles. The zero-order valence-corrected chi connectivity index (χ0v) is 13.5. The Bertz CT molecular complexity index is 508. The first-order chi connectivity index (χ1) is 9.95. The Kier molecular flexibility index (Phi) is 5.88. The summed E-state index contributed by atoms with van der Waals surface area (Å²) in [5.41, 5.74) is 0.565. The van der Waals surface area contributed by atoms with Crippen LogP contribution in [0.1, 0.15) is 19.8 Å². The van der Waals surface area contributed by atoms with E-state index in [4.69, 9.17) is 23.2 Å². The molecule has 21 heavy (non-hydrogen) atoms. The molecule has 2 N–H and O–H groups in total. The number of aliphatic hydroxyl groups excluding tert-OH is 1. The maximum Gasteiger partial charge on any atom is 0.238 e. The first-order valence-electron chi connectivity index (χ1n) is 7.11. The number of likely N-dealkylation sites (tertiary alicyclic amines) is 1. The number of carbonyl (C=O) groups is 1. The molecule has 1 aliphatic heterocycles. The molecule has 2 unspecified atom stereocenters. The molecule has 2 rings (SSSR count). The van der Waals surface area contributed by atoms with Crippen LogP contribution >= 0.6 is 23.2 Å². The molecule has 4 nitrogen and oxygen atoms in total. The number of hydrogen-bond acceptors (Lipinski definition) is 3. The summed E-state index contributed by atoms with van der Waals surface area (Å²) in [5.74, 6) is 0.135. The quantitative estimate of drug-likeness (QED) is 0.892. The lowest BCUT2D eigenvalue weighted by molar-refractivity contribution is -0.118. The first kappa shape index (κ1) is 16.6. The van der Waals surface area contributed by atoms with E-state index in [9.17, 15) is 9.90 Å². The van der Waals surface area contributed by atoms with E-state index in [2.05, 4.69) is 10.2 Å². The highest BCUT2D eigenvalue weighted by Gasteiger charge is 2.24. The van der Waals surface area contributed by atoms with Crippen molar-refractivity contribution in [3.8, 4) is 0 Å². The average molecular weight is 331 g/mol. The van der Waals surface area contributed by atoms with Gasteiger partial charge in [-0.05, 0) is 50.4 Å². The van der Waals surface area contributed by atoms with Gasteiger partial charge in [0, 0.05) is 11.6 Å². The fourth-order valence-corrected chi connectivity index (χ4v) is 3.07. The van der Waals surface area contributed by atoms with E-state index >= 15 is 0 Å². The van der Waals surface area contributed by atoms with Crippen LogP contribution in [0, 0.1) is 5.92 Å². The van der Waals surface area contributed by atoms with Crippen LogP contribution in [-0.2, 0) is 4.79 Å². The summed E-state index contributed by atoms with van der Waals surface area (Å²) in [6, 6.07) is 4.98. The lowest BCUT2D eigenvalue weighted by Crippen LogP contribution is -2.43. The van der Waals surface area contributed by atoms with Crippen molar-refractivity contribution in [2.75, 3.05) is 25.0 Å². The molecule has 0 spiro atoms. The summed E-state index contributed by atoms with van der Waals surface area (Å²) in [6.07, 6.45) is 1.69. The van der Waals surface area contributed by atoms with Crippen LogP contribution in [-0.4, -0.2) is 41.7 Å². The molecule has 6 heteroatoms. The standard InChI is InChI=1S/C15H20Cl2N2O2/c1-10(20)11-3-2-6-19(8-11)9-15(21)18-14-5-4-12(16)7-13(14)17/h4-5,7,10-11,20H,2-3,6,8-9H2,1H3,(H,18,21). The second kappa shape index (κ2) is 7.45. The van der Waals surface area contributed by atoms with Gasteiger partial charge in [0.2, 0.25) is 5.91 Å². The van der Waals surface area contributed by atoms with Crippen molar-refractivity contribution >= 4 is 34.8 Å². The number of piperidine rings is 1. The minimum absolute atomic E-state index is 0.106. The van der Waals surface area contributed by atoms with E-state index in [1.807, 2.05) is 6.92 Å². The zero-order chi connectivity index (χ0) is 15.4. The van der Waals surface area contributed by atoms with Gasteiger partial charge in [-0.25, -0.2) is 0 Å². The molecule has 1 heterocycles. The molecule has 1 aromatic carbocycles. The van der Waals surface area contributed by atoms with Gasteiger partial charge in [0.1, 0.15) is 0 Å². The van der Waals surface area contributed by atoms with Crippen molar-refractivity contribution in [2.24, 2.45) is 5.92 Å². The summed E-state index contributed by atoms with van der Waals surface area (Å²) >= 11 is 11.9. The molecule has 1 aliphatic rings. The number of nitrogens with one attached hydrogen (secondary N) is 1. The summed E-state index contributed by atoms with van der Waals surface area (Å²) in [4.78, 5) is 14.2. The van der Waals surface area contributed by atoms with E-state index in [0.29, 0.717) is 22.3 Å². The topological polar surface area (TPSA) is 52.6 Å². The molecule has 1 saturated heterocycles. The van der Waals surface area contributed by atoms with Gasteiger partial charge in [-0.15, -0.1) is 0 Å². The number of amides is 1. The van der Waals surface area contributed by atoms with Gasteiger partial charge >= 0.3 is 0 Å². The fourth-order valence-electron chi connectivity index (χ4n) is 2.61. The molecule has 1 aromatic rings. The van der Waals surface area contributed by atoms with Crippen LogP contribution in [0.5, 0.6) is 0 Å². The van der Waals surface area contributed by atoms with Crippen molar-refractivity contribution in [3.05, 3.63) is 28.2 Å². The van der Waals surface area contributed by atoms with Gasteiger partial charge in [-0.2, -0.15) is 0 Å². The third-order valence-electron chi connectivity index (χ3n) is 3.80. The van der Waals surface area contributed by atoms with Crippen LogP contribution < -0.4 is 5.32 Å². The highest BCUT2D eigenvalue weighted by Crippen LogP contribution is 2.25. The number of aliphatic hydroxyl groups is 1. The number of anilines is 1. The van der Waals surface area contributed by atoms with E-state index in [-0.39, 0.29) is 17.9 Å². The summed E-state index contributed by atoms with van der Waals surface area (Å²) in [7, 11) is 0. The molecule has 0 radical (unpaired) electrons. The van der Waals surface area contributed by atoms with Gasteiger partial charge in [0.25, 0.3) is 0 Å². The highest BCUT2D eigenvalue weighted by atomic mass is 35.5. The average Bonchev–Trinajstić information content (AvgIpc) is 2.42. The lowest BCUT2D eigenvalue weighted by Gasteiger charge is -2.33. The van der Waals surface area contributed by atoms with E-state index in [0.717, 1.165) is 25.9 Å². The van der Waals surface area contributed by atoms with Crippen LogP contribution in [0.25, 0.3) is 0 Å². The van der Waals surface area contributed by atoms with Crippen LogP contribution in [0.4, 0.5) is 5.69 Å². The van der Waals surface area contributed by atoms with Crippen molar-refractivity contribution in [2.45, 2.75) is 25.9 Å². The number of halogens is 2. The van der Waals surface area contributed by atoms with Gasteiger partial charge in [-0.1, -0.05) is 23.2 Å². The number of hydrogen-bond donors (Lipinski definition) is 2. The molecule has 0 bridgehead atoms. The summed E-state index contributed by atoms with van der Waals surface area (Å²) in [6.45, 7) is 3.74. The Balaban J connectivity index is 1.89. The Morgan fingerprint density at radius 2 is 2.29 bits per heavy atom. The molecule has 2 atom stereocenters. The Morgan fingerprint density at radius 3 is 2.95 bits per heavy atom. The molecule has 0 saturated carbocycles. The number of benzene rings is 1. The maximum absolute atomic E-state index is 12.1. The van der Waals surface area contributed by atoms with Gasteiger partial charge in [0.05, 0.1) is 23.4 Å².